The molecule has 1 amide bonds. The Labute approximate surface area is 136 Å². The van der Waals surface area contributed by atoms with Crippen molar-refractivity contribution >= 4 is 11.6 Å². The predicted molar refractivity (Wildman–Crippen MR) is 82.6 cm³/mol. The van der Waals surface area contributed by atoms with Crippen LogP contribution in [0.4, 0.5) is 18.9 Å². The standard InChI is InChI=1S/C16H16F3N3O2/c1-2-3-13-8-15(24)22(10-20-13)9-14(23)21-12-6-4-11(5-7-12)16(17,18)19/h4-8,10H,2-3,9H2,1H3,(H,21,23). The second-order valence-corrected chi connectivity index (χ2v) is 5.22. The largest absolute Gasteiger partial charge is 0.416 e. The molecule has 1 aromatic carbocycles. The molecule has 2 aromatic rings. The molecule has 0 aliphatic heterocycles. The maximum atomic E-state index is 12.5. The summed E-state index contributed by atoms with van der Waals surface area (Å²) in [5, 5.41) is 2.44. The molecule has 0 fully saturated rings. The van der Waals surface area contributed by atoms with Gasteiger partial charge in [0.25, 0.3) is 5.56 Å². The molecule has 1 heterocycles. The summed E-state index contributed by atoms with van der Waals surface area (Å²) in [4.78, 5) is 27.9. The van der Waals surface area contributed by atoms with Gasteiger partial charge in [-0.05, 0) is 30.7 Å². The molecule has 0 bridgehead atoms. The molecule has 0 unspecified atom stereocenters. The number of hydrogen-bond donors (Lipinski definition) is 1. The van der Waals surface area contributed by atoms with E-state index in [-0.39, 0.29) is 17.8 Å². The number of amides is 1. The summed E-state index contributed by atoms with van der Waals surface area (Å²) in [6, 6.07) is 5.44. The van der Waals surface area contributed by atoms with Crippen molar-refractivity contribution in [1.29, 1.82) is 0 Å². The third kappa shape index (κ3) is 4.68. The lowest BCUT2D eigenvalue weighted by Gasteiger charge is -2.10. The zero-order valence-corrected chi connectivity index (χ0v) is 12.9. The van der Waals surface area contributed by atoms with E-state index >= 15 is 0 Å². The molecular formula is C16H16F3N3O2. The minimum Gasteiger partial charge on any atom is -0.325 e. The molecule has 1 N–H and O–H groups in total. The van der Waals surface area contributed by atoms with Crippen LogP contribution in [0.25, 0.3) is 0 Å². The number of anilines is 1. The fourth-order valence-electron chi connectivity index (χ4n) is 2.07. The Kier molecular flexibility index (Phi) is 5.38. The second kappa shape index (κ2) is 7.29. The number of rotatable bonds is 5. The van der Waals surface area contributed by atoms with Gasteiger partial charge in [0.1, 0.15) is 6.54 Å². The zero-order chi connectivity index (χ0) is 17.7. The van der Waals surface area contributed by atoms with Crippen molar-refractivity contribution in [3.05, 3.63) is 58.3 Å². The van der Waals surface area contributed by atoms with Crippen molar-refractivity contribution in [2.24, 2.45) is 0 Å². The van der Waals surface area contributed by atoms with Gasteiger partial charge in [-0.3, -0.25) is 14.2 Å². The fourth-order valence-corrected chi connectivity index (χ4v) is 2.07. The summed E-state index contributed by atoms with van der Waals surface area (Å²) >= 11 is 0. The summed E-state index contributed by atoms with van der Waals surface area (Å²) in [6.45, 7) is 1.70. The normalized spacial score (nSPS) is 11.3. The van der Waals surface area contributed by atoms with Crippen LogP contribution in [-0.2, 0) is 23.9 Å². The van der Waals surface area contributed by atoms with Crippen LogP contribution in [0.5, 0.6) is 0 Å². The summed E-state index contributed by atoms with van der Waals surface area (Å²) in [5.41, 5.74) is -0.276. The van der Waals surface area contributed by atoms with Crippen LogP contribution in [0, 0.1) is 0 Å². The average molecular weight is 339 g/mol. The van der Waals surface area contributed by atoms with E-state index < -0.39 is 17.6 Å². The molecule has 0 saturated heterocycles. The molecular weight excluding hydrogens is 323 g/mol. The van der Waals surface area contributed by atoms with E-state index in [9.17, 15) is 22.8 Å². The highest BCUT2D eigenvalue weighted by atomic mass is 19.4. The van der Waals surface area contributed by atoms with Gasteiger partial charge < -0.3 is 5.32 Å². The quantitative estimate of drug-likeness (QED) is 0.911. The lowest BCUT2D eigenvalue weighted by molar-refractivity contribution is -0.137. The van der Waals surface area contributed by atoms with Gasteiger partial charge in [-0.1, -0.05) is 13.3 Å². The SMILES string of the molecule is CCCc1cc(=O)n(CC(=O)Nc2ccc(C(F)(F)F)cc2)cn1. The monoisotopic (exact) mass is 339 g/mol. The van der Waals surface area contributed by atoms with Gasteiger partial charge in [-0.2, -0.15) is 13.2 Å². The Morgan fingerprint density at radius 1 is 1.25 bits per heavy atom. The first-order chi connectivity index (χ1) is 11.3. The van der Waals surface area contributed by atoms with Gasteiger partial charge in [0.15, 0.2) is 0 Å². The van der Waals surface area contributed by atoms with Crippen LogP contribution in [0.2, 0.25) is 0 Å². The Hall–Kier alpha value is -2.64. The molecule has 8 heteroatoms. The zero-order valence-electron chi connectivity index (χ0n) is 12.9. The van der Waals surface area contributed by atoms with Crippen LogP contribution in [0.1, 0.15) is 24.6 Å². The summed E-state index contributed by atoms with van der Waals surface area (Å²) in [5.74, 6) is -0.526. The molecule has 0 saturated carbocycles. The van der Waals surface area contributed by atoms with Crippen LogP contribution < -0.4 is 10.9 Å². The third-order valence-electron chi connectivity index (χ3n) is 3.25. The van der Waals surface area contributed by atoms with Gasteiger partial charge in [-0.15, -0.1) is 0 Å². The second-order valence-electron chi connectivity index (χ2n) is 5.22. The molecule has 1 aromatic heterocycles. The minimum atomic E-state index is -4.43. The van der Waals surface area contributed by atoms with Gasteiger partial charge in [-0.25, -0.2) is 4.98 Å². The number of carbonyl (C=O) groups excluding carboxylic acids is 1. The summed E-state index contributed by atoms with van der Waals surface area (Å²) in [7, 11) is 0. The first-order valence-electron chi connectivity index (χ1n) is 7.32. The van der Waals surface area contributed by atoms with Crippen LogP contribution >= 0.6 is 0 Å². The number of halogens is 3. The van der Waals surface area contributed by atoms with Crippen molar-refractivity contribution in [1.82, 2.24) is 9.55 Å². The number of aryl methyl sites for hydroxylation is 1. The number of alkyl halides is 3. The van der Waals surface area contributed by atoms with Crippen molar-refractivity contribution in [3.8, 4) is 0 Å². The van der Waals surface area contributed by atoms with Crippen LogP contribution in [0.3, 0.4) is 0 Å². The maximum absolute atomic E-state index is 12.5. The van der Waals surface area contributed by atoms with Gasteiger partial charge in [0, 0.05) is 17.4 Å². The minimum absolute atomic E-state index is 0.219. The molecule has 0 radical (unpaired) electrons. The Bertz CT molecular complexity index is 767. The van der Waals surface area contributed by atoms with Gasteiger partial charge in [0.05, 0.1) is 11.9 Å². The average Bonchev–Trinajstić information content (AvgIpc) is 2.50. The van der Waals surface area contributed by atoms with Crippen molar-refractivity contribution < 1.29 is 18.0 Å². The van der Waals surface area contributed by atoms with Crippen molar-refractivity contribution in [2.75, 3.05) is 5.32 Å². The number of aromatic nitrogens is 2. The topological polar surface area (TPSA) is 64.0 Å². The number of carbonyl (C=O) groups is 1. The van der Waals surface area contributed by atoms with Crippen LogP contribution in [-0.4, -0.2) is 15.5 Å². The van der Waals surface area contributed by atoms with E-state index in [4.69, 9.17) is 0 Å². The number of nitrogens with zero attached hydrogens (tertiary/aromatic N) is 2. The van der Waals surface area contributed by atoms with Crippen molar-refractivity contribution in [3.63, 3.8) is 0 Å². The lowest BCUT2D eigenvalue weighted by Crippen LogP contribution is -2.27. The number of nitrogens with one attached hydrogen (secondary N) is 1. The Balaban J connectivity index is 2.02. The smallest absolute Gasteiger partial charge is 0.325 e. The van der Waals surface area contributed by atoms with Gasteiger partial charge in [0.2, 0.25) is 5.91 Å². The van der Waals surface area contributed by atoms with Crippen molar-refractivity contribution in [2.45, 2.75) is 32.5 Å². The highest BCUT2D eigenvalue weighted by Crippen LogP contribution is 2.29. The summed E-state index contributed by atoms with van der Waals surface area (Å²) in [6.07, 6.45) is -1.61. The maximum Gasteiger partial charge on any atom is 0.416 e. The first-order valence-corrected chi connectivity index (χ1v) is 7.32. The highest BCUT2D eigenvalue weighted by molar-refractivity contribution is 5.90. The van der Waals surface area contributed by atoms with E-state index in [1.54, 1.807) is 0 Å². The number of benzene rings is 1. The number of hydrogen-bond acceptors (Lipinski definition) is 3. The fraction of sp³-hybridized carbons (Fsp3) is 0.312. The molecule has 0 atom stereocenters. The molecule has 128 valence electrons. The van der Waals surface area contributed by atoms with E-state index in [0.717, 1.165) is 35.3 Å². The molecule has 24 heavy (non-hydrogen) atoms. The summed E-state index contributed by atoms with van der Waals surface area (Å²) < 4.78 is 38.5. The van der Waals surface area contributed by atoms with E-state index in [1.807, 2.05) is 6.92 Å². The lowest BCUT2D eigenvalue weighted by atomic mass is 10.2. The van der Waals surface area contributed by atoms with E-state index in [1.165, 1.54) is 12.4 Å². The molecule has 0 aliphatic rings. The van der Waals surface area contributed by atoms with E-state index in [0.29, 0.717) is 12.1 Å². The molecule has 0 spiro atoms. The molecule has 2 rings (SSSR count). The Morgan fingerprint density at radius 3 is 2.46 bits per heavy atom. The first kappa shape index (κ1) is 17.7. The Morgan fingerprint density at radius 2 is 1.92 bits per heavy atom. The van der Waals surface area contributed by atoms with Crippen LogP contribution in [0.15, 0.2) is 41.5 Å². The van der Waals surface area contributed by atoms with E-state index in [2.05, 4.69) is 10.3 Å². The molecule has 0 aliphatic carbocycles. The van der Waals surface area contributed by atoms with Gasteiger partial charge >= 0.3 is 6.18 Å². The predicted octanol–water partition coefficient (Wildman–Crippen LogP) is 2.85. The highest BCUT2D eigenvalue weighted by Gasteiger charge is 2.29. The third-order valence-corrected chi connectivity index (χ3v) is 3.25. The molecule has 5 nitrogen and oxygen atoms in total.